The minimum absolute atomic E-state index is 0.0317. The number of aryl methyl sites for hydroxylation is 1. The molecule has 3 aliphatic heterocycles. The number of aromatic nitrogens is 4. The van der Waals surface area contributed by atoms with Crippen molar-refractivity contribution in [1.29, 1.82) is 0 Å². The minimum atomic E-state index is -2.37. The second-order valence-corrected chi connectivity index (χ2v) is 10.5. The fraction of sp³-hybridized carbons (Fsp3) is 0.519. The number of amides is 1. The van der Waals surface area contributed by atoms with Crippen LogP contribution < -0.4 is 4.90 Å². The van der Waals surface area contributed by atoms with E-state index in [1.165, 1.54) is 0 Å². The number of ether oxygens (including phenoxy) is 1. The maximum absolute atomic E-state index is 13.6. The lowest BCUT2D eigenvalue weighted by Gasteiger charge is -2.36. The molecule has 5 heterocycles. The van der Waals surface area contributed by atoms with E-state index in [9.17, 15) is 13.6 Å². The Morgan fingerprint density at radius 3 is 2.84 bits per heavy atom. The first-order valence-electron chi connectivity index (χ1n) is 13.0. The number of carbonyl (C=O) groups is 1. The molecular formula is C27H32F2N6O2. The van der Waals surface area contributed by atoms with E-state index >= 15 is 0 Å². The van der Waals surface area contributed by atoms with Gasteiger partial charge in [0.2, 0.25) is 12.3 Å². The van der Waals surface area contributed by atoms with E-state index in [2.05, 4.69) is 32.9 Å². The Labute approximate surface area is 214 Å². The Hall–Kier alpha value is -3.27. The van der Waals surface area contributed by atoms with Crippen LogP contribution in [0, 0.1) is 5.92 Å². The van der Waals surface area contributed by atoms with Gasteiger partial charge in [-0.3, -0.25) is 14.2 Å². The molecule has 0 N–H and O–H groups in total. The highest BCUT2D eigenvalue weighted by Crippen LogP contribution is 2.42. The lowest BCUT2D eigenvalue weighted by atomic mass is 9.88. The summed E-state index contributed by atoms with van der Waals surface area (Å²) in [5.74, 6) is 0.603. The SMILES string of the molecule is CC(=O)N1CCc2c(c(N3C[C@@H](CC(F)F)Cc4cc(-c5cnn(C)c5)ccc43)nn2[C@H]2CCOC2)C1. The Bertz CT molecular complexity index is 1310. The van der Waals surface area contributed by atoms with Gasteiger partial charge in [-0.1, -0.05) is 6.07 Å². The van der Waals surface area contributed by atoms with Gasteiger partial charge in [0.15, 0.2) is 5.82 Å². The highest BCUT2D eigenvalue weighted by atomic mass is 19.3. The Balaban J connectivity index is 1.45. The van der Waals surface area contributed by atoms with Crippen LogP contribution in [-0.4, -0.2) is 63.1 Å². The highest BCUT2D eigenvalue weighted by molar-refractivity contribution is 5.76. The smallest absolute Gasteiger partial charge is 0.239 e. The van der Waals surface area contributed by atoms with Gasteiger partial charge in [0.05, 0.1) is 25.4 Å². The molecule has 8 nitrogen and oxygen atoms in total. The van der Waals surface area contributed by atoms with Gasteiger partial charge >= 0.3 is 0 Å². The maximum atomic E-state index is 13.6. The molecule has 1 saturated heterocycles. The van der Waals surface area contributed by atoms with Crippen molar-refractivity contribution in [2.24, 2.45) is 13.0 Å². The molecule has 0 aliphatic carbocycles. The molecule has 0 bridgehead atoms. The zero-order valence-corrected chi connectivity index (χ0v) is 21.2. The van der Waals surface area contributed by atoms with Crippen molar-refractivity contribution in [3.05, 3.63) is 47.4 Å². The molecule has 0 unspecified atom stereocenters. The van der Waals surface area contributed by atoms with Crippen LogP contribution in [0.5, 0.6) is 0 Å². The van der Waals surface area contributed by atoms with Crippen LogP contribution in [0.15, 0.2) is 30.6 Å². The van der Waals surface area contributed by atoms with Crippen LogP contribution in [0.3, 0.4) is 0 Å². The fourth-order valence-electron chi connectivity index (χ4n) is 6.04. The second-order valence-electron chi connectivity index (χ2n) is 10.5. The molecule has 3 aromatic rings. The number of fused-ring (bicyclic) bond motifs is 2. The lowest BCUT2D eigenvalue weighted by Crippen LogP contribution is -2.37. The molecule has 2 atom stereocenters. The third-order valence-electron chi connectivity index (χ3n) is 7.89. The molecule has 0 spiro atoms. The van der Waals surface area contributed by atoms with E-state index in [0.717, 1.165) is 52.3 Å². The molecule has 6 rings (SSSR count). The first kappa shape index (κ1) is 24.1. The van der Waals surface area contributed by atoms with Crippen molar-refractivity contribution < 1.29 is 18.3 Å². The van der Waals surface area contributed by atoms with Crippen LogP contribution in [0.25, 0.3) is 11.1 Å². The summed E-state index contributed by atoms with van der Waals surface area (Å²) in [7, 11) is 1.88. The highest BCUT2D eigenvalue weighted by Gasteiger charge is 2.36. The van der Waals surface area contributed by atoms with Crippen molar-refractivity contribution in [1.82, 2.24) is 24.5 Å². The van der Waals surface area contributed by atoms with Crippen LogP contribution >= 0.6 is 0 Å². The van der Waals surface area contributed by atoms with E-state index in [0.29, 0.717) is 39.3 Å². The summed E-state index contributed by atoms with van der Waals surface area (Å²) in [6.45, 7) is 4.51. The zero-order valence-electron chi connectivity index (χ0n) is 21.2. The largest absolute Gasteiger partial charge is 0.379 e. The topological polar surface area (TPSA) is 68.4 Å². The quantitative estimate of drug-likeness (QED) is 0.517. The summed E-state index contributed by atoms with van der Waals surface area (Å²) in [4.78, 5) is 16.2. The van der Waals surface area contributed by atoms with Gasteiger partial charge in [-0.2, -0.15) is 10.2 Å². The van der Waals surface area contributed by atoms with Gasteiger partial charge in [-0.15, -0.1) is 0 Å². The number of hydrogen-bond donors (Lipinski definition) is 0. The number of hydrogen-bond acceptors (Lipinski definition) is 5. The van der Waals surface area contributed by atoms with Gasteiger partial charge < -0.3 is 14.5 Å². The number of carbonyl (C=O) groups excluding carboxylic acids is 1. The first-order valence-corrected chi connectivity index (χ1v) is 13.0. The number of halogens is 2. The number of alkyl halides is 2. The van der Waals surface area contributed by atoms with Crippen molar-refractivity contribution >= 4 is 17.4 Å². The van der Waals surface area contributed by atoms with Crippen LogP contribution in [0.4, 0.5) is 20.3 Å². The maximum Gasteiger partial charge on any atom is 0.239 e. The van der Waals surface area contributed by atoms with Crippen molar-refractivity contribution in [3.8, 4) is 11.1 Å². The summed E-state index contributed by atoms with van der Waals surface area (Å²) in [6, 6.07) is 6.39. The van der Waals surface area contributed by atoms with E-state index < -0.39 is 6.43 Å². The minimum Gasteiger partial charge on any atom is -0.379 e. The molecule has 2 aromatic heterocycles. The summed E-state index contributed by atoms with van der Waals surface area (Å²) in [5, 5.41) is 9.40. The third-order valence-corrected chi connectivity index (χ3v) is 7.89. The van der Waals surface area contributed by atoms with Crippen molar-refractivity contribution in [2.45, 2.75) is 51.6 Å². The van der Waals surface area contributed by atoms with Crippen molar-refractivity contribution in [3.63, 3.8) is 0 Å². The van der Waals surface area contributed by atoms with E-state index in [4.69, 9.17) is 9.84 Å². The molecular weight excluding hydrogens is 478 g/mol. The molecule has 37 heavy (non-hydrogen) atoms. The number of nitrogens with zero attached hydrogens (tertiary/aromatic N) is 6. The zero-order chi connectivity index (χ0) is 25.7. The number of anilines is 2. The van der Waals surface area contributed by atoms with E-state index in [1.807, 2.05) is 24.3 Å². The summed E-state index contributed by atoms with van der Waals surface area (Å²) in [5.41, 5.74) is 6.19. The van der Waals surface area contributed by atoms with Crippen LogP contribution in [-0.2, 0) is 36.0 Å². The van der Waals surface area contributed by atoms with Crippen molar-refractivity contribution in [2.75, 3.05) is 31.2 Å². The van der Waals surface area contributed by atoms with Crippen LogP contribution in [0.1, 0.15) is 42.6 Å². The normalized spacial score (nSPS) is 21.4. The molecule has 196 valence electrons. The molecule has 0 saturated carbocycles. The molecule has 1 fully saturated rings. The fourth-order valence-corrected chi connectivity index (χ4v) is 6.04. The van der Waals surface area contributed by atoms with E-state index in [-0.39, 0.29) is 24.3 Å². The Morgan fingerprint density at radius 2 is 2.14 bits per heavy atom. The Morgan fingerprint density at radius 1 is 1.27 bits per heavy atom. The monoisotopic (exact) mass is 510 g/mol. The molecule has 0 radical (unpaired) electrons. The number of benzene rings is 1. The third kappa shape index (κ3) is 4.52. The van der Waals surface area contributed by atoms with Gasteiger partial charge in [0.25, 0.3) is 0 Å². The molecule has 1 amide bonds. The van der Waals surface area contributed by atoms with Crippen LogP contribution in [0.2, 0.25) is 0 Å². The van der Waals surface area contributed by atoms with E-state index in [1.54, 1.807) is 11.6 Å². The summed E-state index contributed by atoms with van der Waals surface area (Å²) in [6.07, 6.45) is 3.44. The van der Waals surface area contributed by atoms with Gasteiger partial charge in [0, 0.05) is 75.2 Å². The lowest BCUT2D eigenvalue weighted by molar-refractivity contribution is -0.129. The summed E-state index contributed by atoms with van der Waals surface area (Å²) < 4.78 is 36.7. The van der Waals surface area contributed by atoms with Gasteiger partial charge in [-0.25, -0.2) is 8.78 Å². The molecule has 1 aromatic carbocycles. The predicted molar refractivity (Wildman–Crippen MR) is 135 cm³/mol. The number of rotatable bonds is 5. The standard InChI is InChI=1S/C27H32F2N6O2/c1-17(36)33-7-5-25-23(15-33)27(31-35(25)22-6-8-37-16-22)34-13-18(10-26(28)29)9-20-11-19(3-4-24(20)34)21-12-30-32(2)14-21/h3-4,11-12,14,18,22,26H,5-10,13,15-16H2,1-2H3/t18-,22+/m1/s1. The molecule has 10 heteroatoms. The predicted octanol–water partition coefficient (Wildman–Crippen LogP) is 4.12. The second kappa shape index (κ2) is 9.55. The summed E-state index contributed by atoms with van der Waals surface area (Å²) >= 11 is 0. The first-order chi connectivity index (χ1) is 17.9. The average Bonchev–Trinajstić information content (AvgIpc) is 3.62. The Kier molecular flexibility index (Phi) is 6.22. The average molecular weight is 511 g/mol. The molecule has 3 aliphatic rings. The van der Waals surface area contributed by atoms with Gasteiger partial charge in [0.1, 0.15) is 0 Å². The van der Waals surface area contributed by atoms with Gasteiger partial charge in [-0.05, 0) is 42.0 Å².